The number of esters is 3. The number of ether oxygens (including phenoxy) is 11. The molecule has 0 aromatic carbocycles. The van der Waals surface area contributed by atoms with E-state index in [9.17, 15) is 19.2 Å². The summed E-state index contributed by atoms with van der Waals surface area (Å²) in [5.41, 5.74) is -0.817. The second kappa shape index (κ2) is 33.3. The molecule has 0 heterocycles. The Morgan fingerprint density at radius 2 is 0.708 bits per heavy atom. The van der Waals surface area contributed by atoms with Crippen molar-refractivity contribution in [1.29, 1.82) is 0 Å². The summed E-state index contributed by atoms with van der Waals surface area (Å²) in [6.45, 7) is 5.14. The van der Waals surface area contributed by atoms with Gasteiger partial charge in [-0.1, -0.05) is 0 Å². The lowest BCUT2D eigenvalue weighted by Gasteiger charge is -2.33. The Bertz CT molecular complexity index is 729. The van der Waals surface area contributed by atoms with E-state index in [2.05, 4.69) is 0 Å². The zero-order valence-corrected chi connectivity index (χ0v) is 29.6. The Morgan fingerprint density at radius 3 is 1.04 bits per heavy atom. The molecule has 0 saturated heterocycles. The molecule has 0 aliphatic carbocycles. The maximum absolute atomic E-state index is 11.9. The van der Waals surface area contributed by atoms with Crippen molar-refractivity contribution in [2.75, 3.05) is 127 Å². The topological polar surface area (TPSA) is 170 Å². The first-order valence-electron chi connectivity index (χ1n) is 16.6. The largest absolute Gasteiger partial charge is 0.463 e. The number of rotatable bonds is 36. The van der Waals surface area contributed by atoms with E-state index in [0.29, 0.717) is 65.1 Å². The Kier molecular flexibility index (Phi) is 31.7. The Labute approximate surface area is 285 Å². The molecule has 48 heavy (non-hydrogen) atoms. The molecular formula is C33H60O15. The first-order chi connectivity index (χ1) is 23.3. The Hall–Kier alpha value is -2.24. The maximum atomic E-state index is 11.9. The molecule has 282 valence electrons. The highest BCUT2D eigenvalue weighted by Crippen LogP contribution is 2.21. The summed E-state index contributed by atoms with van der Waals surface area (Å²) < 4.78 is 59.8. The third-order valence-electron chi connectivity index (χ3n) is 6.48. The highest BCUT2D eigenvalue weighted by atomic mass is 16.6. The van der Waals surface area contributed by atoms with E-state index in [1.807, 2.05) is 0 Å². The SMILES string of the molecule is COCCCC(=O)OCCOCC(COCCOCCCC(C)=O)(COCCOC(=O)CCCOC)COCCOC(=O)CCCOC. The fourth-order valence-corrected chi connectivity index (χ4v) is 3.99. The van der Waals surface area contributed by atoms with Crippen LogP contribution >= 0.6 is 0 Å². The van der Waals surface area contributed by atoms with Crippen LogP contribution in [0.15, 0.2) is 0 Å². The normalized spacial score (nSPS) is 11.4. The van der Waals surface area contributed by atoms with Gasteiger partial charge in [-0.25, -0.2) is 0 Å². The van der Waals surface area contributed by atoms with Crippen molar-refractivity contribution in [3.8, 4) is 0 Å². The van der Waals surface area contributed by atoms with Gasteiger partial charge < -0.3 is 56.9 Å². The predicted molar refractivity (Wildman–Crippen MR) is 173 cm³/mol. The molecule has 0 aliphatic rings. The van der Waals surface area contributed by atoms with E-state index in [4.69, 9.17) is 52.1 Å². The van der Waals surface area contributed by atoms with Gasteiger partial charge in [0.2, 0.25) is 0 Å². The van der Waals surface area contributed by atoms with Gasteiger partial charge in [0.1, 0.15) is 25.6 Å². The van der Waals surface area contributed by atoms with Gasteiger partial charge in [0, 0.05) is 73.4 Å². The van der Waals surface area contributed by atoms with Gasteiger partial charge in [-0.3, -0.25) is 14.4 Å². The number of hydrogen-bond acceptors (Lipinski definition) is 15. The molecule has 0 aromatic heterocycles. The molecule has 0 rings (SSSR count). The fourth-order valence-electron chi connectivity index (χ4n) is 3.99. The zero-order valence-electron chi connectivity index (χ0n) is 29.6. The van der Waals surface area contributed by atoms with Crippen molar-refractivity contribution in [2.45, 2.75) is 58.3 Å². The molecular weight excluding hydrogens is 636 g/mol. The molecule has 15 nitrogen and oxygen atoms in total. The van der Waals surface area contributed by atoms with E-state index < -0.39 is 5.41 Å². The van der Waals surface area contributed by atoms with Gasteiger partial charge in [-0.15, -0.1) is 0 Å². The van der Waals surface area contributed by atoms with Crippen LogP contribution in [0.5, 0.6) is 0 Å². The number of Topliss-reactive ketones (excluding diaryl/α,β-unsaturated/α-hetero) is 1. The van der Waals surface area contributed by atoms with Gasteiger partial charge in [0.25, 0.3) is 0 Å². The molecule has 15 heteroatoms. The molecule has 0 unspecified atom stereocenters. The van der Waals surface area contributed by atoms with Crippen LogP contribution in [0.2, 0.25) is 0 Å². The number of carbonyl (C=O) groups excluding carboxylic acids is 4. The van der Waals surface area contributed by atoms with Gasteiger partial charge in [-0.2, -0.15) is 0 Å². The smallest absolute Gasteiger partial charge is 0.305 e. The Balaban J connectivity index is 5.16. The summed E-state index contributed by atoms with van der Waals surface area (Å²) in [6.07, 6.45) is 3.54. The van der Waals surface area contributed by atoms with Crippen molar-refractivity contribution in [2.24, 2.45) is 5.41 Å². The quantitative estimate of drug-likeness (QED) is 0.0531. The first-order valence-corrected chi connectivity index (χ1v) is 16.6. The van der Waals surface area contributed by atoms with Crippen LogP contribution < -0.4 is 0 Å². The third-order valence-corrected chi connectivity index (χ3v) is 6.48. The number of hydrogen-bond donors (Lipinski definition) is 0. The van der Waals surface area contributed by atoms with Gasteiger partial charge >= 0.3 is 17.9 Å². The minimum atomic E-state index is -0.817. The summed E-state index contributed by atoms with van der Waals surface area (Å²) in [6, 6.07) is 0. The van der Waals surface area contributed by atoms with Crippen LogP contribution in [0.1, 0.15) is 58.3 Å². The van der Waals surface area contributed by atoms with E-state index >= 15 is 0 Å². The number of ketones is 1. The van der Waals surface area contributed by atoms with Crippen LogP contribution in [0.3, 0.4) is 0 Å². The Morgan fingerprint density at radius 1 is 0.396 bits per heavy atom. The second-order valence-corrected chi connectivity index (χ2v) is 11.1. The molecule has 0 aliphatic heterocycles. The molecule has 0 aromatic rings. The lowest BCUT2D eigenvalue weighted by atomic mass is 9.92. The highest BCUT2D eigenvalue weighted by molar-refractivity contribution is 5.75. The van der Waals surface area contributed by atoms with Gasteiger partial charge in [-0.05, 0) is 32.6 Å². The average Bonchev–Trinajstić information content (AvgIpc) is 3.05. The molecule has 0 bridgehead atoms. The van der Waals surface area contributed by atoms with Crippen LogP contribution in [0.4, 0.5) is 0 Å². The van der Waals surface area contributed by atoms with E-state index in [1.165, 1.54) is 0 Å². The summed E-state index contributed by atoms with van der Waals surface area (Å²) in [4.78, 5) is 46.9. The first kappa shape index (κ1) is 45.8. The molecule has 0 radical (unpaired) electrons. The number of methoxy groups -OCH3 is 3. The third kappa shape index (κ3) is 29.9. The molecule has 0 amide bonds. The van der Waals surface area contributed by atoms with Crippen molar-refractivity contribution in [1.82, 2.24) is 0 Å². The summed E-state index contributed by atoms with van der Waals surface area (Å²) in [5, 5.41) is 0. The summed E-state index contributed by atoms with van der Waals surface area (Å²) in [7, 11) is 4.71. The minimum absolute atomic E-state index is 0.0661. The minimum Gasteiger partial charge on any atom is -0.463 e. The molecule has 0 N–H and O–H groups in total. The van der Waals surface area contributed by atoms with E-state index in [1.54, 1.807) is 28.3 Å². The lowest BCUT2D eigenvalue weighted by molar-refractivity contribution is -0.150. The maximum Gasteiger partial charge on any atom is 0.305 e. The van der Waals surface area contributed by atoms with Crippen molar-refractivity contribution in [3.63, 3.8) is 0 Å². The van der Waals surface area contributed by atoms with Gasteiger partial charge in [0.05, 0.1) is 64.9 Å². The van der Waals surface area contributed by atoms with Crippen molar-refractivity contribution in [3.05, 3.63) is 0 Å². The predicted octanol–water partition coefficient (Wildman–Crippen LogP) is 2.33. The van der Waals surface area contributed by atoms with Crippen LogP contribution in [-0.2, 0) is 71.3 Å². The highest BCUT2D eigenvalue weighted by Gasteiger charge is 2.33. The molecule has 0 fully saturated rings. The van der Waals surface area contributed by atoms with Crippen LogP contribution in [-0.4, -0.2) is 151 Å². The van der Waals surface area contributed by atoms with E-state index in [-0.39, 0.29) is 116 Å². The zero-order chi connectivity index (χ0) is 35.6. The molecule has 0 spiro atoms. The van der Waals surface area contributed by atoms with Crippen molar-refractivity contribution >= 4 is 23.7 Å². The lowest BCUT2D eigenvalue weighted by Crippen LogP contribution is -2.43. The summed E-state index contributed by atoms with van der Waals surface area (Å²) >= 11 is 0. The summed E-state index contributed by atoms with van der Waals surface area (Å²) in [5.74, 6) is -0.904. The molecule has 0 saturated carbocycles. The van der Waals surface area contributed by atoms with Gasteiger partial charge in [0.15, 0.2) is 0 Å². The second-order valence-electron chi connectivity index (χ2n) is 11.1. The molecule has 0 atom stereocenters. The van der Waals surface area contributed by atoms with Crippen LogP contribution in [0.25, 0.3) is 0 Å². The standard InChI is InChI=1S/C33H60O15/c1-29(34)9-5-16-41-17-18-42-25-33(26-43-19-22-46-30(35)10-6-13-38-2,27-44-20-23-47-31(36)11-7-14-39-3)28-45-21-24-48-32(37)12-8-15-40-4/h5-28H2,1-4H3. The van der Waals surface area contributed by atoms with Crippen molar-refractivity contribution < 1.29 is 71.3 Å². The fraction of sp³-hybridized carbons (Fsp3) is 0.879. The van der Waals surface area contributed by atoms with E-state index in [0.717, 1.165) is 0 Å². The number of carbonyl (C=O) groups is 4. The monoisotopic (exact) mass is 696 g/mol. The average molecular weight is 697 g/mol. The van der Waals surface area contributed by atoms with Crippen LogP contribution in [0, 0.1) is 5.41 Å².